The van der Waals surface area contributed by atoms with Gasteiger partial charge in [0.15, 0.2) is 0 Å². The number of H-pyrrole nitrogens is 1. The molecule has 2 aromatic rings. The van der Waals surface area contributed by atoms with Gasteiger partial charge in [-0.3, -0.25) is 0 Å². The number of sulfonamides is 1. The fourth-order valence-corrected chi connectivity index (χ4v) is 2.89. The van der Waals surface area contributed by atoms with Crippen LogP contribution in [0.2, 0.25) is 0 Å². The molecule has 0 amide bonds. The lowest BCUT2D eigenvalue weighted by Crippen LogP contribution is -2.23. The highest BCUT2D eigenvalue weighted by atomic mass is 32.2. The number of aryl methyl sites for hydroxylation is 1. The number of rotatable bonds is 6. The quantitative estimate of drug-likeness (QED) is 0.717. The second kappa shape index (κ2) is 5.55. The molecule has 7 nitrogen and oxygen atoms in total. The number of hydrogen-bond donors (Lipinski definition) is 3. The van der Waals surface area contributed by atoms with Crippen LogP contribution < -0.4 is 10.0 Å². The number of aromatic amines is 1. The van der Waals surface area contributed by atoms with E-state index in [9.17, 15) is 8.42 Å². The number of imidazole rings is 1. The van der Waals surface area contributed by atoms with Crippen LogP contribution in [0.5, 0.6) is 0 Å². The van der Waals surface area contributed by atoms with Crippen LogP contribution in [-0.4, -0.2) is 25.4 Å². The number of hydrogen-bond acceptors (Lipinski definition) is 5. The third-order valence-electron chi connectivity index (χ3n) is 2.57. The Kier molecular flexibility index (Phi) is 4.03. The van der Waals surface area contributed by atoms with E-state index in [-0.39, 0.29) is 11.4 Å². The summed E-state index contributed by atoms with van der Waals surface area (Å²) in [4.78, 5) is 6.82. The van der Waals surface area contributed by atoms with Crippen molar-refractivity contribution in [1.29, 1.82) is 0 Å². The molecule has 0 saturated carbocycles. The topological polar surface area (TPSA) is 100 Å². The van der Waals surface area contributed by atoms with E-state index in [4.69, 9.17) is 4.42 Å². The molecule has 19 heavy (non-hydrogen) atoms. The average molecular weight is 284 g/mol. The number of aromatic nitrogens is 2. The standard InChI is InChI=1S/C11H16N4O3S/c1-8-11(3-10(18-8)6-12-2)19(16,17)15-5-9-4-13-7-14-9/h3-4,7,12,15H,5-6H2,1-2H3,(H,13,14). The van der Waals surface area contributed by atoms with Gasteiger partial charge in [0.1, 0.15) is 16.4 Å². The lowest BCUT2D eigenvalue weighted by Gasteiger charge is -2.03. The molecule has 0 bridgehead atoms. The average Bonchev–Trinajstić information content (AvgIpc) is 2.97. The summed E-state index contributed by atoms with van der Waals surface area (Å²) in [5, 5.41) is 2.91. The van der Waals surface area contributed by atoms with Gasteiger partial charge in [-0.15, -0.1) is 0 Å². The second-order valence-electron chi connectivity index (χ2n) is 4.06. The molecule has 0 saturated heterocycles. The Labute approximate surface area is 111 Å². The lowest BCUT2D eigenvalue weighted by atomic mass is 10.4. The molecule has 0 aromatic carbocycles. The van der Waals surface area contributed by atoms with Gasteiger partial charge >= 0.3 is 0 Å². The first-order valence-electron chi connectivity index (χ1n) is 5.74. The molecule has 0 radical (unpaired) electrons. The molecule has 3 N–H and O–H groups in total. The Balaban J connectivity index is 2.14. The summed E-state index contributed by atoms with van der Waals surface area (Å²) >= 11 is 0. The van der Waals surface area contributed by atoms with Gasteiger partial charge in [-0.2, -0.15) is 0 Å². The van der Waals surface area contributed by atoms with Gasteiger partial charge in [-0.1, -0.05) is 0 Å². The van der Waals surface area contributed by atoms with Crippen molar-refractivity contribution in [3.8, 4) is 0 Å². The van der Waals surface area contributed by atoms with Crippen molar-refractivity contribution in [3.63, 3.8) is 0 Å². The molecule has 0 aliphatic rings. The Morgan fingerprint density at radius 1 is 1.42 bits per heavy atom. The Bertz CT molecular complexity index is 631. The normalized spacial score (nSPS) is 11.9. The lowest BCUT2D eigenvalue weighted by molar-refractivity contribution is 0.465. The van der Waals surface area contributed by atoms with E-state index in [1.165, 1.54) is 12.4 Å². The Morgan fingerprint density at radius 3 is 2.84 bits per heavy atom. The molecule has 2 heterocycles. The minimum atomic E-state index is -3.58. The van der Waals surface area contributed by atoms with Gasteiger partial charge in [-0.05, 0) is 14.0 Å². The first-order chi connectivity index (χ1) is 9.03. The van der Waals surface area contributed by atoms with Crippen LogP contribution in [0.1, 0.15) is 17.2 Å². The molecule has 0 spiro atoms. The Morgan fingerprint density at radius 2 is 2.21 bits per heavy atom. The highest BCUT2D eigenvalue weighted by molar-refractivity contribution is 7.89. The van der Waals surface area contributed by atoms with E-state index in [1.54, 1.807) is 20.2 Å². The maximum absolute atomic E-state index is 12.1. The number of nitrogens with one attached hydrogen (secondary N) is 3. The smallest absolute Gasteiger partial charge is 0.244 e. The maximum atomic E-state index is 12.1. The van der Waals surface area contributed by atoms with Crippen molar-refractivity contribution < 1.29 is 12.8 Å². The molecule has 0 atom stereocenters. The minimum absolute atomic E-state index is 0.161. The van der Waals surface area contributed by atoms with Gasteiger partial charge in [0.25, 0.3) is 0 Å². The summed E-state index contributed by atoms with van der Waals surface area (Å²) in [6.07, 6.45) is 3.06. The molecule has 2 rings (SSSR count). The van der Waals surface area contributed by atoms with Gasteiger partial charge in [0.2, 0.25) is 10.0 Å². The SMILES string of the molecule is CNCc1cc(S(=O)(=O)NCc2cnc[nH]2)c(C)o1. The van der Waals surface area contributed by atoms with E-state index >= 15 is 0 Å². The van der Waals surface area contributed by atoms with Crippen molar-refractivity contribution >= 4 is 10.0 Å². The fourth-order valence-electron chi connectivity index (χ4n) is 1.68. The first kappa shape index (κ1) is 13.8. The predicted octanol–water partition coefficient (Wildman–Crippen LogP) is 0.509. The summed E-state index contributed by atoms with van der Waals surface area (Å²) in [5.41, 5.74) is 0.695. The van der Waals surface area contributed by atoms with Crippen molar-refractivity contribution in [1.82, 2.24) is 20.0 Å². The van der Waals surface area contributed by atoms with Crippen LogP contribution in [-0.2, 0) is 23.1 Å². The van der Waals surface area contributed by atoms with Crippen molar-refractivity contribution in [2.75, 3.05) is 7.05 Å². The minimum Gasteiger partial charge on any atom is -0.464 e. The van der Waals surface area contributed by atoms with Crippen LogP contribution in [0.3, 0.4) is 0 Å². The van der Waals surface area contributed by atoms with E-state index in [2.05, 4.69) is 20.0 Å². The molecule has 2 aromatic heterocycles. The summed E-state index contributed by atoms with van der Waals surface area (Å²) in [6.45, 7) is 2.27. The summed E-state index contributed by atoms with van der Waals surface area (Å²) in [6, 6.07) is 1.53. The van der Waals surface area contributed by atoms with Crippen LogP contribution in [0.4, 0.5) is 0 Å². The zero-order chi connectivity index (χ0) is 13.9. The molecule has 0 aliphatic carbocycles. The number of furan rings is 1. The van der Waals surface area contributed by atoms with Crippen LogP contribution in [0.25, 0.3) is 0 Å². The first-order valence-corrected chi connectivity index (χ1v) is 7.22. The molecule has 0 aliphatic heterocycles. The predicted molar refractivity (Wildman–Crippen MR) is 68.8 cm³/mol. The van der Waals surface area contributed by atoms with Crippen molar-refractivity contribution in [2.45, 2.75) is 24.9 Å². The molecular formula is C11H16N4O3S. The fraction of sp³-hybridized carbons (Fsp3) is 0.364. The van der Waals surface area contributed by atoms with Gasteiger partial charge < -0.3 is 14.7 Å². The Hall–Kier alpha value is -1.64. The van der Waals surface area contributed by atoms with Gasteiger partial charge in [-0.25, -0.2) is 18.1 Å². The third kappa shape index (κ3) is 3.22. The summed E-state index contributed by atoms with van der Waals surface area (Å²) in [7, 11) is -1.82. The van der Waals surface area contributed by atoms with Crippen LogP contribution >= 0.6 is 0 Å². The molecule has 8 heteroatoms. The summed E-state index contributed by atoms with van der Waals surface area (Å²) < 4.78 is 32.2. The van der Waals surface area contributed by atoms with E-state index in [0.717, 1.165) is 0 Å². The van der Waals surface area contributed by atoms with Crippen molar-refractivity contribution in [2.24, 2.45) is 0 Å². The van der Waals surface area contributed by atoms with Crippen molar-refractivity contribution in [3.05, 3.63) is 35.8 Å². The second-order valence-corrected chi connectivity index (χ2v) is 5.80. The molecular weight excluding hydrogens is 268 g/mol. The molecule has 0 fully saturated rings. The largest absolute Gasteiger partial charge is 0.464 e. The summed E-state index contributed by atoms with van der Waals surface area (Å²) in [5.74, 6) is 0.962. The third-order valence-corrected chi connectivity index (χ3v) is 4.08. The van der Waals surface area contributed by atoms with E-state index in [1.807, 2.05) is 0 Å². The zero-order valence-electron chi connectivity index (χ0n) is 10.7. The highest BCUT2D eigenvalue weighted by Gasteiger charge is 2.21. The van der Waals surface area contributed by atoms with E-state index < -0.39 is 10.0 Å². The molecule has 0 unspecified atom stereocenters. The highest BCUT2D eigenvalue weighted by Crippen LogP contribution is 2.19. The monoisotopic (exact) mass is 284 g/mol. The van der Waals surface area contributed by atoms with Crippen LogP contribution in [0.15, 0.2) is 27.9 Å². The van der Waals surface area contributed by atoms with Gasteiger partial charge in [0.05, 0.1) is 19.4 Å². The van der Waals surface area contributed by atoms with Gasteiger partial charge in [0, 0.05) is 18.0 Å². The number of nitrogens with zero attached hydrogens (tertiary/aromatic N) is 1. The molecule has 104 valence electrons. The van der Waals surface area contributed by atoms with Crippen LogP contribution in [0, 0.1) is 6.92 Å². The van der Waals surface area contributed by atoms with E-state index in [0.29, 0.717) is 23.8 Å². The zero-order valence-corrected chi connectivity index (χ0v) is 11.5. The maximum Gasteiger partial charge on any atom is 0.244 e.